The van der Waals surface area contributed by atoms with Gasteiger partial charge in [0.05, 0.1) is 19.8 Å². The molecule has 0 bridgehead atoms. The van der Waals surface area contributed by atoms with Crippen molar-refractivity contribution in [2.45, 2.75) is 44.7 Å². The van der Waals surface area contributed by atoms with Crippen LogP contribution < -0.4 is 5.32 Å². The molecule has 2 rings (SSSR count). The van der Waals surface area contributed by atoms with E-state index in [1.807, 2.05) is 13.8 Å². The van der Waals surface area contributed by atoms with Crippen molar-refractivity contribution < 1.29 is 19.1 Å². The summed E-state index contributed by atoms with van der Waals surface area (Å²) < 4.78 is 10.4. The molecule has 2 aliphatic rings. The third kappa shape index (κ3) is 3.74. The van der Waals surface area contributed by atoms with Crippen molar-refractivity contribution in [1.82, 2.24) is 10.2 Å². The van der Waals surface area contributed by atoms with Crippen molar-refractivity contribution in [3.8, 4) is 0 Å². The molecule has 0 aromatic rings. The van der Waals surface area contributed by atoms with Gasteiger partial charge in [-0.25, -0.2) is 0 Å². The molecule has 2 unspecified atom stereocenters. The zero-order valence-electron chi connectivity index (χ0n) is 13.2. The molecule has 6 nitrogen and oxygen atoms in total. The van der Waals surface area contributed by atoms with Crippen LogP contribution in [0.2, 0.25) is 0 Å². The zero-order chi connectivity index (χ0) is 15.5. The Labute approximate surface area is 126 Å². The quantitative estimate of drug-likeness (QED) is 0.697. The number of methoxy groups -OCH3 is 1. The van der Waals surface area contributed by atoms with Gasteiger partial charge in [-0.3, -0.25) is 9.59 Å². The fraction of sp³-hybridized carbons (Fsp3) is 0.867. The third-order valence-electron chi connectivity index (χ3n) is 4.42. The van der Waals surface area contributed by atoms with Gasteiger partial charge in [-0.2, -0.15) is 0 Å². The molecule has 1 saturated carbocycles. The van der Waals surface area contributed by atoms with E-state index in [9.17, 15) is 9.59 Å². The maximum Gasteiger partial charge on any atom is 0.248 e. The topological polar surface area (TPSA) is 67.9 Å². The molecule has 1 aliphatic carbocycles. The zero-order valence-corrected chi connectivity index (χ0v) is 13.2. The molecule has 2 fully saturated rings. The molecular formula is C15H26N2O4. The van der Waals surface area contributed by atoms with Crippen LogP contribution in [0.25, 0.3) is 0 Å². The highest BCUT2D eigenvalue weighted by atomic mass is 16.5. The van der Waals surface area contributed by atoms with Gasteiger partial charge in [0.15, 0.2) is 0 Å². The molecular weight excluding hydrogens is 272 g/mol. The Bertz CT molecular complexity index is 397. The number of hydrogen-bond acceptors (Lipinski definition) is 4. The first kappa shape index (κ1) is 16.2. The summed E-state index contributed by atoms with van der Waals surface area (Å²) in [5.74, 6) is 0.267. The fourth-order valence-electron chi connectivity index (χ4n) is 2.94. The minimum absolute atomic E-state index is 0.0266. The van der Waals surface area contributed by atoms with Crippen LogP contribution in [0, 0.1) is 5.92 Å². The molecule has 1 heterocycles. The van der Waals surface area contributed by atoms with E-state index in [-0.39, 0.29) is 23.8 Å². The van der Waals surface area contributed by atoms with Gasteiger partial charge in [0.2, 0.25) is 11.8 Å². The highest BCUT2D eigenvalue weighted by Crippen LogP contribution is 2.41. The van der Waals surface area contributed by atoms with E-state index in [0.717, 1.165) is 12.8 Å². The second kappa shape index (κ2) is 6.75. The highest BCUT2D eigenvalue weighted by Gasteiger charge is 2.52. The summed E-state index contributed by atoms with van der Waals surface area (Å²) in [6.07, 6.45) is 2.37. The summed E-state index contributed by atoms with van der Waals surface area (Å²) in [6.45, 7) is 5.83. The number of hydrogen-bond donors (Lipinski definition) is 1. The Morgan fingerprint density at radius 3 is 2.62 bits per heavy atom. The molecule has 120 valence electrons. The number of carbonyl (C=O) groups is 2. The number of rotatable bonds is 7. The van der Waals surface area contributed by atoms with Gasteiger partial charge in [0.1, 0.15) is 5.54 Å². The van der Waals surface area contributed by atoms with E-state index in [4.69, 9.17) is 9.47 Å². The first-order valence-corrected chi connectivity index (χ1v) is 7.67. The van der Waals surface area contributed by atoms with E-state index < -0.39 is 5.54 Å². The van der Waals surface area contributed by atoms with Gasteiger partial charge >= 0.3 is 0 Å². The van der Waals surface area contributed by atoms with Crippen LogP contribution in [0.15, 0.2) is 0 Å². The van der Waals surface area contributed by atoms with E-state index >= 15 is 0 Å². The summed E-state index contributed by atoms with van der Waals surface area (Å²) in [5, 5.41) is 2.95. The van der Waals surface area contributed by atoms with Gasteiger partial charge in [-0.05, 0) is 32.6 Å². The van der Waals surface area contributed by atoms with Crippen LogP contribution in [0.3, 0.4) is 0 Å². The molecule has 0 aromatic carbocycles. The van der Waals surface area contributed by atoms with Crippen molar-refractivity contribution >= 4 is 11.8 Å². The van der Waals surface area contributed by atoms with Gasteiger partial charge in [-0.1, -0.05) is 0 Å². The molecule has 1 saturated heterocycles. The molecule has 2 amide bonds. The van der Waals surface area contributed by atoms with Crippen molar-refractivity contribution in [3.05, 3.63) is 0 Å². The number of ether oxygens (including phenoxy) is 2. The third-order valence-corrected chi connectivity index (χ3v) is 4.42. The summed E-state index contributed by atoms with van der Waals surface area (Å²) in [7, 11) is 1.63. The number of amides is 2. The molecule has 0 aromatic heterocycles. The van der Waals surface area contributed by atoms with Crippen LogP contribution in [-0.4, -0.2) is 61.8 Å². The van der Waals surface area contributed by atoms with Crippen LogP contribution in [0.4, 0.5) is 0 Å². The second-order valence-electron chi connectivity index (χ2n) is 6.18. The van der Waals surface area contributed by atoms with Gasteiger partial charge < -0.3 is 19.7 Å². The Balaban J connectivity index is 1.99. The van der Waals surface area contributed by atoms with Crippen LogP contribution >= 0.6 is 0 Å². The maximum absolute atomic E-state index is 12.9. The molecule has 21 heavy (non-hydrogen) atoms. The Hall–Kier alpha value is -1.14. The average molecular weight is 298 g/mol. The Morgan fingerprint density at radius 2 is 2.00 bits per heavy atom. The maximum atomic E-state index is 12.9. The molecule has 0 radical (unpaired) electrons. The van der Waals surface area contributed by atoms with Gasteiger partial charge in [-0.15, -0.1) is 0 Å². The lowest BCUT2D eigenvalue weighted by Crippen LogP contribution is -2.57. The Morgan fingerprint density at radius 1 is 1.29 bits per heavy atom. The molecule has 1 N–H and O–H groups in total. The second-order valence-corrected chi connectivity index (χ2v) is 6.18. The summed E-state index contributed by atoms with van der Waals surface area (Å²) in [4.78, 5) is 26.7. The Kier molecular flexibility index (Phi) is 5.22. The smallest absolute Gasteiger partial charge is 0.248 e. The van der Waals surface area contributed by atoms with Crippen molar-refractivity contribution in [1.29, 1.82) is 0 Å². The minimum atomic E-state index is -0.742. The fourth-order valence-corrected chi connectivity index (χ4v) is 2.94. The predicted octanol–water partition coefficient (Wildman–Crippen LogP) is 0.555. The van der Waals surface area contributed by atoms with E-state index in [1.54, 1.807) is 12.0 Å². The predicted molar refractivity (Wildman–Crippen MR) is 77.8 cm³/mol. The highest BCUT2D eigenvalue weighted by molar-refractivity contribution is 5.94. The summed E-state index contributed by atoms with van der Waals surface area (Å²) in [6, 6.07) is -0.0934. The lowest BCUT2D eigenvalue weighted by atomic mass is 9.94. The van der Waals surface area contributed by atoms with Crippen molar-refractivity contribution in [3.63, 3.8) is 0 Å². The van der Waals surface area contributed by atoms with Crippen LogP contribution in [-0.2, 0) is 19.1 Å². The van der Waals surface area contributed by atoms with Crippen LogP contribution in [0.5, 0.6) is 0 Å². The van der Waals surface area contributed by atoms with Gasteiger partial charge in [0.25, 0.3) is 0 Å². The van der Waals surface area contributed by atoms with Crippen LogP contribution in [0.1, 0.15) is 33.1 Å². The average Bonchev–Trinajstić information content (AvgIpc) is 3.25. The summed E-state index contributed by atoms with van der Waals surface area (Å²) >= 11 is 0. The SMILES string of the molecule is COCCOCCN1C(=O)C(C)(C2CC2)NC(=O)CC1C. The first-order valence-electron chi connectivity index (χ1n) is 7.67. The van der Waals surface area contributed by atoms with Gasteiger partial charge in [0, 0.05) is 26.1 Å². The monoisotopic (exact) mass is 298 g/mol. The standard InChI is InChI=1S/C15H26N2O4/c1-11-10-13(18)16-15(2,12-4-5-12)14(19)17(11)6-7-21-9-8-20-3/h11-12H,4-10H2,1-3H3,(H,16,18). The van der Waals surface area contributed by atoms with Crippen molar-refractivity contribution in [2.75, 3.05) is 33.5 Å². The number of nitrogens with one attached hydrogen (secondary N) is 1. The van der Waals surface area contributed by atoms with E-state index in [1.165, 1.54) is 0 Å². The normalized spacial score (nSPS) is 30.2. The number of carbonyl (C=O) groups excluding carboxylic acids is 2. The lowest BCUT2D eigenvalue weighted by molar-refractivity contribution is -0.141. The number of nitrogens with zero attached hydrogens (tertiary/aromatic N) is 1. The largest absolute Gasteiger partial charge is 0.382 e. The van der Waals surface area contributed by atoms with Crippen molar-refractivity contribution in [2.24, 2.45) is 5.92 Å². The lowest BCUT2D eigenvalue weighted by Gasteiger charge is -2.34. The molecule has 1 aliphatic heterocycles. The molecule has 2 atom stereocenters. The summed E-state index contributed by atoms with van der Waals surface area (Å²) in [5.41, 5.74) is -0.742. The van der Waals surface area contributed by atoms with E-state index in [0.29, 0.717) is 32.8 Å². The molecule has 0 spiro atoms. The first-order chi connectivity index (χ1) is 9.99. The minimum Gasteiger partial charge on any atom is -0.382 e. The molecule has 6 heteroatoms. The van der Waals surface area contributed by atoms with E-state index in [2.05, 4.69) is 5.32 Å².